The lowest BCUT2D eigenvalue weighted by Crippen LogP contribution is -2.40. The molecule has 2 aromatic heterocycles. The molecule has 0 saturated carbocycles. The number of hydrogen-bond donors (Lipinski definition) is 4. The van der Waals surface area contributed by atoms with Crippen molar-refractivity contribution in [2.24, 2.45) is 16.8 Å². The third-order valence-corrected chi connectivity index (χ3v) is 6.21. The number of ether oxygens (including phenoxy) is 1. The standard InChI is InChI=1S/C24H32F2N10O/c1-34(2)9-10-37-20-4-3-19(21(25)22(20)26)36(29)24(33-28)18-11-15(12-31-23(18)27)16-13-32-35(14-16)17-5-7-30-8-6-17/h3-4,11-14,17,30H,5-10,28-29H2,1-2H3,(H2,27,31)/b33-24-. The minimum absolute atomic E-state index is 0.0682. The van der Waals surface area contributed by atoms with Crippen molar-refractivity contribution in [1.82, 2.24) is 25.0 Å². The number of nitrogens with one attached hydrogen (secondary N) is 1. The number of piperidine rings is 1. The number of benzene rings is 1. The molecule has 1 aliphatic rings. The van der Waals surface area contributed by atoms with Crippen LogP contribution in [0.2, 0.25) is 0 Å². The van der Waals surface area contributed by atoms with E-state index in [9.17, 15) is 8.78 Å². The van der Waals surface area contributed by atoms with E-state index in [2.05, 4.69) is 20.5 Å². The van der Waals surface area contributed by atoms with Crippen molar-refractivity contribution in [1.29, 1.82) is 0 Å². The number of hydrazone groups is 1. The number of nitrogens with two attached hydrogens (primary N) is 3. The Bertz CT molecular complexity index is 1260. The Labute approximate surface area is 213 Å². The molecule has 1 fully saturated rings. The van der Waals surface area contributed by atoms with Crippen LogP contribution in [0.1, 0.15) is 24.4 Å². The molecule has 0 bridgehead atoms. The molecule has 1 aromatic carbocycles. The quantitative estimate of drug-likeness (QED) is 0.152. The molecule has 4 rings (SSSR count). The largest absolute Gasteiger partial charge is 0.489 e. The number of pyridine rings is 1. The van der Waals surface area contributed by atoms with Crippen molar-refractivity contribution in [3.63, 3.8) is 0 Å². The molecule has 0 aliphatic carbocycles. The zero-order chi connectivity index (χ0) is 26.5. The Hall–Kier alpha value is -3.81. The van der Waals surface area contributed by atoms with Crippen LogP contribution in [0.4, 0.5) is 20.3 Å². The number of nitrogen functional groups attached to an aromatic ring is 1. The first-order valence-electron chi connectivity index (χ1n) is 11.9. The fourth-order valence-corrected chi connectivity index (χ4v) is 4.10. The van der Waals surface area contributed by atoms with Gasteiger partial charge in [-0.2, -0.15) is 14.6 Å². The normalized spacial score (nSPS) is 14.8. The lowest BCUT2D eigenvalue weighted by atomic mass is 10.1. The monoisotopic (exact) mass is 514 g/mol. The van der Waals surface area contributed by atoms with Gasteiger partial charge in [-0.05, 0) is 58.2 Å². The van der Waals surface area contributed by atoms with Crippen molar-refractivity contribution in [2.75, 3.05) is 51.1 Å². The van der Waals surface area contributed by atoms with Gasteiger partial charge in [0.05, 0.1) is 23.5 Å². The van der Waals surface area contributed by atoms with Crippen molar-refractivity contribution in [3.05, 3.63) is 54.0 Å². The lowest BCUT2D eigenvalue weighted by molar-refractivity contribution is 0.249. The number of hydrazine groups is 1. The van der Waals surface area contributed by atoms with Crippen molar-refractivity contribution in [2.45, 2.75) is 18.9 Å². The van der Waals surface area contributed by atoms with Crippen molar-refractivity contribution >= 4 is 17.3 Å². The summed E-state index contributed by atoms with van der Waals surface area (Å²) in [5, 5.41) is 12.4. The van der Waals surface area contributed by atoms with Crippen LogP contribution in [0.15, 0.2) is 41.9 Å². The summed E-state index contributed by atoms with van der Waals surface area (Å²) in [4.78, 5) is 6.10. The molecule has 0 atom stereocenters. The first kappa shape index (κ1) is 26.3. The SMILES string of the molecule is CN(C)CCOc1ccc(N(N)/C(=N\N)c2cc(-c3cnn(C4CCNCC4)c3)cnc2N)c(F)c1F. The molecule has 7 N–H and O–H groups in total. The highest BCUT2D eigenvalue weighted by molar-refractivity contribution is 6.12. The van der Waals surface area contributed by atoms with E-state index in [1.54, 1.807) is 18.5 Å². The molecule has 0 amide bonds. The maximum Gasteiger partial charge on any atom is 0.202 e. The Balaban J connectivity index is 1.59. The summed E-state index contributed by atoms with van der Waals surface area (Å²) < 4.78 is 37.0. The van der Waals surface area contributed by atoms with Gasteiger partial charge >= 0.3 is 0 Å². The average Bonchev–Trinajstić information content (AvgIpc) is 3.39. The second kappa shape index (κ2) is 11.5. The molecule has 1 saturated heterocycles. The minimum atomic E-state index is -1.21. The van der Waals surface area contributed by atoms with Crippen LogP contribution in [0, 0.1) is 11.6 Å². The second-order valence-corrected chi connectivity index (χ2v) is 9.03. The molecule has 3 heterocycles. The highest BCUT2D eigenvalue weighted by atomic mass is 19.2. The Morgan fingerprint density at radius 2 is 1.95 bits per heavy atom. The molecule has 37 heavy (non-hydrogen) atoms. The number of likely N-dealkylation sites (N-methyl/N-ethyl adjacent to an activating group) is 1. The van der Waals surface area contributed by atoms with Crippen LogP contribution >= 0.6 is 0 Å². The maximum absolute atomic E-state index is 15.0. The van der Waals surface area contributed by atoms with Crippen LogP contribution in [0.5, 0.6) is 5.75 Å². The smallest absolute Gasteiger partial charge is 0.202 e. The lowest BCUT2D eigenvalue weighted by Gasteiger charge is -2.23. The van der Waals surface area contributed by atoms with E-state index in [0.717, 1.165) is 36.5 Å². The molecule has 0 radical (unpaired) electrons. The summed E-state index contributed by atoms with van der Waals surface area (Å²) in [5.74, 6) is 9.15. The van der Waals surface area contributed by atoms with Gasteiger partial charge in [-0.3, -0.25) is 9.69 Å². The van der Waals surface area contributed by atoms with E-state index < -0.39 is 11.6 Å². The fourth-order valence-electron chi connectivity index (χ4n) is 4.10. The van der Waals surface area contributed by atoms with Crippen molar-refractivity contribution < 1.29 is 13.5 Å². The van der Waals surface area contributed by atoms with Gasteiger partial charge in [0.1, 0.15) is 12.4 Å². The molecular formula is C24H32F2N10O. The predicted molar refractivity (Wildman–Crippen MR) is 139 cm³/mol. The molecule has 3 aromatic rings. The summed E-state index contributed by atoms with van der Waals surface area (Å²) >= 11 is 0. The van der Waals surface area contributed by atoms with Crippen LogP contribution < -0.4 is 32.5 Å². The van der Waals surface area contributed by atoms with E-state index in [4.69, 9.17) is 22.2 Å². The van der Waals surface area contributed by atoms with Gasteiger partial charge in [-0.1, -0.05) is 0 Å². The topological polar surface area (TPSA) is 149 Å². The first-order valence-corrected chi connectivity index (χ1v) is 11.9. The predicted octanol–water partition coefficient (Wildman–Crippen LogP) is 1.67. The zero-order valence-electron chi connectivity index (χ0n) is 20.9. The van der Waals surface area contributed by atoms with Gasteiger partial charge in [0.25, 0.3) is 0 Å². The summed E-state index contributed by atoms with van der Waals surface area (Å²) in [5.41, 5.74) is 7.56. The molecule has 1 aliphatic heterocycles. The van der Waals surface area contributed by atoms with Crippen LogP contribution in [-0.4, -0.2) is 65.8 Å². The molecular weight excluding hydrogens is 482 g/mol. The zero-order valence-corrected chi connectivity index (χ0v) is 20.9. The van der Waals surface area contributed by atoms with Crippen LogP contribution in [0.3, 0.4) is 0 Å². The summed E-state index contributed by atoms with van der Waals surface area (Å²) in [6.45, 7) is 2.61. The van der Waals surface area contributed by atoms with E-state index in [-0.39, 0.29) is 35.3 Å². The number of halogens is 2. The van der Waals surface area contributed by atoms with Gasteiger partial charge in [0.2, 0.25) is 5.82 Å². The van der Waals surface area contributed by atoms with E-state index >= 15 is 0 Å². The third kappa shape index (κ3) is 5.79. The summed E-state index contributed by atoms with van der Waals surface area (Å²) in [6, 6.07) is 4.57. The van der Waals surface area contributed by atoms with Crippen molar-refractivity contribution in [3.8, 4) is 16.9 Å². The van der Waals surface area contributed by atoms with E-state index in [1.165, 1.54) is 12.1 Å². The van der Waals surface area contributed by atoms with Gasteiger partial charge in [0, 0.05) is 30.1 Å². The van der Waals surface area contributed by atoms with Gasteiger partial charge in [-0.25, -0.2) is 15.2 Å². The Kier molecular flexibility index (Phi) is 8.16. The third-order valence-electron chi connectivity index (χ3n) is 6.21. The summed E-state index contributed by atoms with van der Waals surface area (Å²) in [7, 11) is 3.69. The molecule has 198 valence electrons. The van der Waals surface area contributed by atoms with Gasteiger partial charge in [-0.15, -0.1) is 0 Å². The molecule has 0 unspecified atom stereocenters. The van der Waals surface area contributed by atoms with Crippen LogP contribution in [-0.2, 0) is 0 Å². The number of nitrogens with zero attached hydrogens (tertiary/aromatic N) is 6. The first-order chi connectivity index (χ1) is 17.8. The number of aromatic nitrogens is 3. The summed E-state index contributed by atoms with van der Waals surface area (Å²) in [6.07, 6.45) is 7.25. The highest BCUT2D eigenvalue weighted by Crippen LogP contribution is 2.30. The molecule has 0 spiro atoms. The Morgan fingerprint density at radius 3 is 2.65 bits per heavy atom. The number of amidine groups is 1. The number of anilines is 2. The molecule has 11 nitrogen and oxygen atoms in total. The minimum Gasteiger partial charge on any atom is -0.489 e. The highest BCUT2D eigenvalue weighted by Gasteiger charge is 2.24. The van der Waals surface area contributed by atoms with E-state index in [0.29, 0.717) is 18.2 Å². The second-order valence-electron chi connectivity index (χ2n) is 9.03. The number of hydrogen-bond acceptors (Lipinski definition) is 9. The Morgan fingerprint density at radius 1 is 1.19 bits per heavy atom. The van der Waals surface area contributed by atoms with Gasteiger partial charge in [0.15, 0.2) is 17.4 Å². The fraction of sp³-hybridized carbons (Fsp3) is 0.375. The van der Waals surface area contributed by atoms with Crippen LogP contribution in [0.25, 0.3) is 11.1 Å². The van der Waals surface area contributed by atoms with Gasteiger partial charge < -0.3 is 26.5 Å². The average molecular weight is 515 g/mol. The maximum atomic E-state index is 15.0. The molecule has 13 heteroatoms. The number of rotatable bonds is 8. The van der Waals surface area contributed by atoms with E-state index in [1.807, 2.05) is 29.9 Å².